The average Bonchev–Trinajstić information content (AvgIpc) is 2.51. The van der Waals surface area contributed by atoms with Crippen molar-refractivity contribution in [3.05, 3.63) is 18.2 Å². The topological polar surface area (TPSA) is 46.9 Å². The van der Waals surface area contributed by atoms with Crippen LogP contribution in [0.1, 0.15) is 31.3 Å². The second-order valence-corrected chi connectivity index (χ2v) is 3.93. The molecule has 1 unspecified atom stereocenters. The lowest BCUT2D eigenvalue weighted by atomic mass is 10.1. The molecule has 0 saturated carbocycles. The molecule has 1 N–H and O–H groups in total. The van der Waals surface area contributed by atoms with Crippen LogP contribution in [0.5, 0.6) is 0 Å². The third kappa shape index (κ3) is 2.58. The van der Waals surface area contributed by atoms with Crippen LogP contribution in [0.15, 0.2) is 12.5 Å². The Kier molecular flexibility index (Phi) is 3.28. The van der Waals surface area contributed by atoms with E-state index in [0.717, 1.165) is 0 Å². The molecule has 1 aromatic heterocycles. The SMILES string of the molecule is CC(C)C(C)NC(=O)c1cn(C)cn1. The van der Waals surface area contributed by atoms with Crippen LogP contribution in [0.2, 0.25) is 0 Å². The number of aromatic nitrogens is 2. The first kappa shape index (κ1) is 10.8. The molecule has 0 spiro atoms. The second kappa shape index (κ2) is 4.26. The first-order valence-electron chi connectivity index (χ1n) is 4.79. The molecule has 1 rings (SSSR count). The monoisotopic (exact) mass is 195 g/mol. The number of hydrogen-bond acceptors (Lipinski definition) is 2. The van der Waals surface area contributed by atoms with Gasteiger partial charge in [-0.15, -0.1) is 0 Å². The van der Waals surface area contributed by atoms with Crippen molar-refractivity contribution in [3.8, 4) is 0 Å². The highest BCUT2D eigenvalue weighted by Crippen LogP contribution is 2.01. The fraction of sp³-hybridized carbons (Fsp3) is 0.600. The van der Waals surface area contributed by atoms with E-state index in [2.05, 4.69) is 24.1 Å². The molecule has 0 aliphatic rings. The van der Waals surface area contributed by atoms with Gasteiger partial charge >= 0.3 is 0 Å². The van der Waals surface area contributed by atoms with E-state index in [0.29, 0.717) is 11.6 Å². The van der Waals surface area contributed by atoms with E-state index >= 15 is 0 Å². The lowest BCUT2D eigenvalue weighted by Gasteiger charge is -2.16. The summed E-state index contributed by atoms with van der Waals surface area (Å²) in [5.74, 6) is 0.328. The molecular formula is C10H17N3O. The molecule has 14 heavy (non-hydrogen) atoms. The zero-order chi connectivity index (χ0) is 10.7. The average molecular weight is 195 g/mol. The number of rotatable bonds is 3. The summed E-state index contributed by atoms with van der Waals surface area (Å²) in [7, 11) is 1.84. The van der Waals surface area contributed by atoms with Crippen molar-refractivity contribution in [2.24, 2.45) is 13.0 Å². The Balaban J connectivity index is 2.59. The van der Waals surface area contributed by atoms with Crippen LogP contribution < -0.4 is 5.32 Å². The number of carbonyl (C=O) groups excluding carboxylic acids is 1. The molecule has 1 amide bonds. The smallest absolute Gasteiger partial charge is 0.271 e. The second-order valence-electron chi connectivity index (χ2n) is 3.93. The van der Waals surface area contributed by atoms with Gasteiger partial charge in [-0.3, -0.25) is 4.79 Å². The fourth-order valence-electron chi connectivity index (χ4n) is 0.977. The minimum Gasteiger partial charge on any atom is -0.348 e. The summed E-state index contributed by atoms with van der Waals surface area (Å²) in [4.78, 5) is 15.6. The van der Waals surface area contributed by atoms with Crippen LogP contribution in [-0.2, 0) is 7.05 Å². The Morgan fingerprint density at radius 2 is 2.14 bits per heavy atom. The highest BCUT2D eigenvalue weighted by Gasteiger charge is 2.13. The van der Waals surface area contributed by atoms with Crippen LogP contribution in [0.4, 0.5) is 0 Å². The number of amides is 1. The Bertz CT molecular complexity index is 317. The number of carbonyl (C=O) groups is 1. The van der Waals surface area contributed by atoms with E-state index in [4.69, 9.17) is 0 Å². The van der Waals surface area contributed by atoms with Crippen LogP contribution in [-0.4, -0.2) is 21.5 Å². The van der Waals surface area contributed by atoms with Gasteiger partial charge in [0.2, 0.25) is 0 Å². The van der Waals surface area contributed by atoms with Crippen LogP contribution >= 0.6 is 0 Å². The highest BCUT2D eigenvalue weighted by atomic mass is 16.1. The zero-order valence-corrected chi connectivity index (χ0v) is 9.11. The Hall–Kier alpha value is -1.32. The van der Waals surface area contributed by atoms with Crippen molar-refractivity contribution >= 4 is 5.91 Å². The maximum atomic E-state index is 11.6. The van der Waals surface area contributed by atoms with E-state index < -0.39 is 0 Å². The number of nitrogens with one attached hydrogen (secondary N) is 1. The van der Waals surface area contributed by atoms with Gasteiger partial charge in [0.05, 0.1) is 6.33 Å². The summed E-state index contributed by atoms with van der Waals surface area (Å²) in [6.45, 7) is 6.14. The molecular weight excluding hydrogens is 178 g/mol. The summed E-state index contributed by atoms with van der Waals surface area (Å²) < 4.78 is 1.76. The number of hydrogen-bond donors (Lipinski definition) is 1. The molecule has 0 bridgehead atoms. The molecule has 0 aromatic carbocycles. The van der Waals surface area contributed by atoms with E-state index in [1.54, 1.807) is 17.1 Å². The molecule has 1 aromatic rings. The molecule has 0 aliphatic carbocycles. The van der Waals surface area contributed by atoms with Crippen LogP contribution in [0, 0.1) is 5.92 Å². The van der Waals surface area contributed by atoms with E-state index in [-0.39, 0.29) is 11.9 Å². The summed E-state index contributed by atoms with van der Waals surface area (Å²) in [5.41, 5.74) is 0.472. The van der Waals surface area contributed by atoms with Gasteiger partial charge in [-0.05, 0) is 12.8 Å². The lowest BCUT2D eigenvalue weighted by Crippen LogP contribution is -2.36. The largest absolute Gasteiger partial charge is 0.348 e. The summed E-state index contributed by atoms with van der Waals surface area (Å²) in [6, 6.07) is 0.171. The molecule has 1 atom stereocenters. The molecule has 0 fully saturated rings. The fourth-order valence-corrected chi connectivity index (χ4v) is 0.977. The van der Waals surface area contributed by atoms with Gasteiger partial charge in [0.25, 0.3) is 5.91 Å². The van der Waals surface area contributed by atoms with E-state index in [1.165, 1.54) is 0 Å². The molecule has 0 radical (unpaired) electrons. The molecule has 4 nitrogen and oxygen atoms in total. The van der Waals surface area contributed by atoms with Crippen molar-refractivity contribution in [1.29, 1.82) is 0 Å². The van der Waals surface area contributed by atoms with Crippen molar-refractivity contribution in [3.63, 3.8) is 0 Å². The lowest BCUT2D eigenvalue weighted by molar-refractivity contribution is 0.0926. The maximum absolute atomic E-state index is 11.6. The minimum atomic E-state index is -0.105. The van der Waals surface area contributed by atoms with Gasteiger partial charge in [-0.25, -0.2) is 4.98 Å². The normalized spacial score (nSPS) is 12.9. The molecule has 1 heterocycles. The van der Waals surface area contributed by atoms with E-state index in [9.17, 15) is 4.79 Å². The standard InChI is InChI=1S/C10H17N3O/c1-7(2)8(3)12-10(14)9-5-13(4)6-11-9/h5-8H,1-4H3,(H,12,14). The Labute approximate surface area is 84.3 Å². The van der Waals surface area contributed by atoms with Gasteiger partial charge in [0, 0.05) is 19.3 Å². The van der Waals surface area contributed by atoms with Gasteiger partial charge in [-0.1, -0.05) is 13.8 Å². The highest BCUT2D eigenvalue weighted by molar-refractivity contribution is 5.92. The van der Waals surface area contributed by atoms with Gasteiger partial charge in [0.1, 0.15) is 5.69 Å². The van der Waals surface area contributed by atoms with Gasteiger partial charge in [0.15, 0.2) is 0 Å². The van der Waals surface area contributed by atoms with Crippen molar-refractivity contribution in [2.45, 2.75) is 26.8 Å². The third-order valence-electron chi connectivity index (χ3n) is 2.30. The first-order chi connectivity index (χ1) is 6.50. The van der Waals surface area contributed by atoms with Crippen molar-refractivity contribution in [1.82, 2.24) is 14.9 Å². The number of nitrogens with zero attached hydrogens (tertiary/aromatic N) is 2. The number of aryl methyl sites for hydroxylation is 1. The predicted octanol–water partition coefficient (Wildman–Crippen LogP) is 1.19. The molecule has 0 saturated heterocycles. The minimum absolute atomic E-state index is 0.105. The maximum Gasteiger partial charge on any atom is 0.271 e. The van der Waals surface area contributed by atoms with Gasteiger partial charge < -0.3 is 9.88 Å². The van der Waals surface area contributed by atoms with Crippen molar-refractivity contribution < 1.29 is 4.79 Å². The van der Waals surface area contributed by atoms with Crippen LogP contribution in [0.3, 0.4) is 0 Å². The van der Waals surface area contributed by atoms with E-state index in [1.807, 2.05) is 14.0 Å². The molecule has 78 valence electrons. The molecule has 4 heteroatoms. The quantitative estimate of drug-likeness (QED) is 0.787. The summed E-state index contributed by atoms with van der Waals surface area (Å²) >= 11 is 0. The summed E-state index contributed by atoms with van der Waals surface area (Å²) in [5, 5.41) is 2.89. The Morgan fingerprint density at radius 3 is 2.57 bits per heavy atom. The zero-order valence-electron chi connectivity index (χ0n) is 9.11. The third-order valence-corrected chi connectivity index (χ3v) is 2.30. The first-order valence-corrected chi connectivity index (χ1v) is 4.79. The van der Waals surface area contributed by atoms with Crippen molar-refractivity contribution in [2.75, 3.05) is 0 Å². The molecule has 0 aliphatic heterocycles. The van der Waals surface area contributed by atoms with Gasteiger partial charge in [-0.2, -0.15) is 0 Å². The number of imidazole rings is 1. The predicted molar refractivity (Wildman–Crippen MR) is 55.0 cm³/mol. The Morgan fingerprint density at radius 1 is 1.50 bits per heavy atom. The summed E-state index contributed by atoms with van der Waals surface area (Å²) in [6.07, 6.45) is 3.33. The van der Waals surface area contributed by atoms with Crippen LogP contribution in [0.25, 0.3) is 0 Å².